The summed E-state index contributed by atoms with van der Waals surface area (Å²) in [5.74, 6) is -0.158. The molecule has 27 heavy (non-hydrogen) atoms. The Labute approximate surface area is 164 Å². The average Bonchev–Trinajstić information content (AvgIpc) is 2.72. The Balaban J connectivity index is 1.75. The summed E-state index contributed by atoms with van der Waals surface area (Å²) < 4.78 is 0.896. The predicted molar refractivity (Wildman–Crippen MR) is 108 cm³/mol. The number of aromatic nitrogens is 3. The first kappa shape index (κ1) is 17.3. The number of fused-ring (bicyclic) bond motifs is 1. The molecule has 0 aliphatic heterocycles. The molecule has 0 bridgehead atoms. The minimum absolute atomic E-state index is 0.158. The van der Waals surface area contributed by atoms with E-state index in [0.29, 0.717) is 17.8 Å². The zero-order chi connectivity index (χ0) is 18.6. The molecule has 0 fully saturated rings. The van der Waals surface area contributed by atoms with Crippen LogP contribution in [0.1, 0.15) is 15.9 Å². The molecule has 0 unspecified atom stereocenters. The van der Waals surface area contributed by atoms with Crippen molar-refractivity contribution in [3.05, 3.63) is 88.9 Å². The van der Waals surface area contributed by atoms with Crippen molar-refractivity contribution in [2.75, 3.05) is 0 Å². The summed E-state index contributed by atoms with van der Waals surface area (Å²) in [6.45, 7) is 0.409. The quantitative estimate of drug-likeness (QED) is 0.533. The fraction of sp³-hybridized carbons (Fsp3) is 0.0476. The van der Waals surface area contributed by atoms with E-state index in [0.717, 1.165) is 26.5 Å². The lowest BCUT2D eigenvalue weighted by molar-refractivity contribution is 0.0952. The fourth-order valence-electron chi connectivity index (χ4n) is 2.83. The maximum Gasteiger partial charge on any atom is 0.252 e. The molecule has 0 aliphatic rings. The predicted octanol–water partition coefficient (Wildman–Crippen LogP) is 4.38. The van der Waals surface area contributed by atoms with Gasteiger partial charge in [-0.2, -0.15) is 0 Å². The smallest absolute Gasteiger partial charge is 0.252 e. The normalized spacial score (nSPS) is 10.7. The molecule has 3 aromatic heterocycles. The molecule has 0 saturated carbocycles. The number of rotatable bonds is 4. The number of carbonyl (C=O) groups is 1. The number of nitrogens with zero attached hydrogens (tertiary/aromatic N) is 3. The van der Waals surface area contributed by atoms with Crippen LogP contribution < -0.4 is 5.32 Å². The highest BCUT2D eigenvalue weighted by atomic mass is 79.9. The highest BCUT2D eigenvalue weighted by molar-refractivity contribution is 9.10. The van der Waals surface area contributed by atoms with Gasteiger partial charge in [0, 0.05) is 46.8 Å². The molecule has 5 nitrogen and oxygen atoms in total. The third kappa shape index (κ3) is 3.85. The van der Waals surface area contributed by atoms with Gasteiger partial charge in [0.1, 0.15) is 0 Å². The lowest BCUT2D eigenvalue weighted by Crippen LogP contribution is -2.23. The van der Waals surface area contributed by atoms with E-state index in [9.17, 15) is 4.79 Å². The minimum Gasteiger partial charge on any atom is -0.348 e. The standard InChI is InChI=1S/C21H15BrN4O/c22-16-5-6-19-17(9-16)18(10-20(26-19)15-4-2-8-24-13-15)21(27)25-12-14-3-1-7-23-11-14/h1-11,13H,12H2,(H,25,27). The Morgan fingerprint density at radius 1 is 1.00 bits per heavy atom. The van der Waals surface area contributed by atoms with Gasteiger partial charge in [0.2, 0.25) is 0 Å². The highest BCUT2D eigenvalue weighted by Crippen LogP contribution is 2.27. The number of halogens is 1. The molecule has 0 aliphatic carbocycles. The lowest BCUT2D eigenvalue weighted by Gasteiger charge is -2.11. The second-order valence-electron chi connectivity index (χ2n) is 6.00. The third-order valence-corrected chi connectivity index (χ3v) is 4.64. The van der Waals surface area contributed by atoms with Crippen LogP contribution in [-0.4, -0.2) is 20.9 Å². The van der Waals surface area contributed by atoms with Crippen LogP contribution >= 0.6 is 15.9 Å². The monoisotopic (exact) mass is 418 g/mol. The second-order valence-corrected chi connectivity index (χ2v) is 6.92. The van der Waals surface area contributed by atoms with E-state index in [1.807, 2.05) is 48.5 Å². The van der Waals surface area contributed by atoms with Crippen molar-refractivity contribution < 1.29 is 4.79 Å². The van der Waals surface area contributed by atoms with Gasteiger partial charge in [-0.05, 0) is 48.0 Å². The first-order valence-electron chi connectivity index (χ1n) is 8.38. The number of pyridine rings is 3. The van der Waals surface area contributed by atoms with Gasteiger partial charge < -0.3 is 5.32 Å². The van der Waals surface area contributed by atoms with E-state index in [1.165, 1.54) is 0 Å². The third-order valence-electron chi connectivity index (χ3n) is 4.15. The van der Waals surface area contributed by atoms with Crippen molar-refractivity contribution >= 4 is 32.7 Å². The molecule has 0 saturated heterocycles. The van der Waals surface area contributed by atoms with Gasteiger partial charge in [0.25, 0.3) is 5.91 Å². The summed E-state index contributed by atoms with van der Waals surface area (Å²) in [5, 5.41) is 3.76. The van der Waals surface area contributed by atoms with Crippen molar-refractivity contribution in [2.24, 2.45) is 0 Å². The van der Waals surface area contributed by atoms with Crippen molar-refractivity contribution in [1.29, 1.82) is 0 Å². The summed E-state index contributed by atoms with van der Waals surface area (Å²) in [6, 6.07) is 15.1. The van der Waals surface area contributed by atoms with Crippen LogP contribution in [0.25, 0.3) is 22.2 Å². The van der Waals surface area contributed by atoms with Gasteiger partial charge in [-0.15, -0.1) is 0 Å². The molecule has 0 radical (unpaired) electrons. The van der Waals surface area contributed by atoms with Crippen LogP contribution in [0, 0.1) is 0 Å². The van der Waals surface area contributed by atoms with E-state index in [2.05, 4.69) is 31.2 Å². The van der Waals surface area contributed by atoms with Gasteiger partial charge >= 0.3 is 0 Å². The van der Waals surface area contributed by atoms with E-state index < -0.39 is 0 Å². The van der Waals surface area contributed by atoms with Crippen molar-refractivity contribution in [3.8, 4) is 11.3 Å². The average molecular weight is 419 g/mol. The number of amides is 1. The Bertz CT molecular complexity index is 1100. The molecule has 1 aromatic carbocycles. The maximum absolute atomic E-state index is 12.9. The first-order chi connectivity index (χ1) is 13.2. The number of nitrogens with one attached hydrogen (secondary N) is 1. The van der Waals surface area contributed by atoms with E-state index >= 15 is 0 Å². The largest absolute Gasteiger partial charge is 0.348 e. The molecular formula is C21H15BrN4O. The number of hydrogen-bond donors (Lipinski definition) is 1. The topological polar surface area (TPSA) is 67.8 Å². The summed E-state index contributed by atoms with van der Waals surface area (Å²) >= 11 is 3.48. The SMILES string of the molecule is O=C(NCc1cccnc1)c1cc(-c2cccnc2)nc2ccc(Br)cc12. The molecule has 132 valence electrons. The molecule has 0 atom stereocenters. The molecule has 4 aromatic rings. The van der Waals surface area contributed by atoms with Crippen LogP contribution in [-0.2, 0) is 6.54 Å². The molecule has 6 heteroatoms. The Morgan fingerprint density at radius 3 is 2.56 bits per heavy atom. The molecule has 1 N–H and O–H groups in total. The van der Waals surface area contributed by atoms with Crippen LogP contribution in [0.2, 0.25) is 0 Å². The van der Waals surface area contributed by atoms with Crippen molar-refractivity contribution in [2.45, 2.75) is 6.54 Å². The van der Waals surface area contributed by atoms with Gasteiger partial charge in [0.05, 0.1) is 16.8 Å². The van der Waals surface area contributed by atoms with E-state index in [1.54, 1.807) is 24.8 Å². The minimum atomic E-state index is -0.158. The highest BCUT2D eigenvalue weighted by Gasteiger charge is 2.14. The van der Waals surface area contributed by atoms with Crippen LogP contribution in [0.4, 0.5) is 0 Å². The molecule has 4 rings (SSSR count). The van der Waals surface area contributed by atoms with Crippen LogP contribution in [0.3, 0.4) is 0 Å². The van der Waals surface area contributed by atoms with Crippen LogP contribution in [0.15, 0.2) is 77.8 Å². The number of benzene rings is 1. The summed E-state index contributed by atoms with van der Waals surface area (Å²) in [4.78, 5) is 25.9. The van der Waals surface area contributed by atoms with Crippen molar-refractivity contribution in [3.63, 3.8) is 0 Å². The van der Waals surface area contributed by atoms with E-state index in [4.69, 9.17) is 4.98 Å². The maximum atomic E-state index is 12.9. The van der Waals surface area contributed by atoms with Crippen molar-refractivity contribution in [1.82, 2.24) is 20.3 Å². The van der Waals surface area contributed by atoms with Crippen LogP contribution in [0.5, 0.6) is 0 Å². The van der Waals surface area contributed by atoms with Gasteiger partial charge in [-0.1, -0.05) is 22.0 Å². The van der Waals surface area contributed by atoms with Gasteiger partial charge in [-0.25, -0.2) is 4.98 Å². The lowest BCUT2D eigenvalue weighted by atomic mass is 10.0. The summed E-state index contributed by atoms with van der Waals surface area (Å²) in [7, 11) is 0. The van der Waals surface area contributed by atoms with Gasteiger partial charge in [0.15, 0.2) is 0 Å². The fourth-order valence-corrected chi connectivity index (χ4v) is 3.19. The zero-order valence-corrected chi connectivity index (χ0v) is 15.8. The van der Waals surface area contributed by atoms with E-state index in [-0.39, 0.29) is 5.91 Å². The molecular weight excluding hydrogens is 404 g/mol. The molecule has 0 spiro atoms. The Morgan fingerprint density at radius 2 is 1.81 bits per heavy atom. The molecule has 1 amide bonds. The van der Waals surface area contributed by atoms with Gasteiger partial charge in [-0.3, -0.25) is 14.8 Å². The summed E-state index contributed by atoms with van der Waals surface area (Å²) in [6.07, 6.45) is 6.90. The number of carbonyl (C=O) groups excluding carboxylic acids is 1. The second kappa shape index (κ2) is 7.63. The molecule has 3 heterocycles. The number of hydrogen-bond acceptors (Lipinski definition) is 4. The Kier molecular flexibility index (Phi) is 4.89. The summed E-state index contributed by atoms with van der Waals surface area (Å²) in [5.41, 5.74) is 3.85. The zero-order valence-electron chi connectivity index (χ0n) is 14.3. The first-order valence-corrected chi connectivity index (χ1v) is 9.18. The Hall–Kier alpha value is -3.12.